The fourth-order valence-electron chi connectivity index (χ4n) is 2.17. The van der Waals surface area contributed by atoms with E-state index >= 15 is 0 Å². The molecule has 1 aliphatic rings. The van der Waals surface area contributed by atoms with Gasteiger partial charge in [-0.3, -0.25) is 4.79 Å². The molecule has 0 amide bonds. The van der Waals surface area contributed by atoms with E-state index in [0.29, 0.717) is 6.42 Å². The van der Waals surface area contributed by atoms with Crippen molar-refractivity contribution < 1.29 is 4.79 Å². The van der Waals surface area contributed by atoms with Crippen LogP contribution in [0.5, 0.6) is 0 Å². The molecule has 0 saturated heterocycles. The molecule has 0 aliphatic heterocycles. The molecule has 1 aliphatic carbocycles. The summed E-state index contributed by atoms with van der Waals surface area (Å²) in [6.07, 6.45) is 0.535. The van der Waals surface area contributed by atoms with Crippen LogP contribution in [0.4, 0.5) is 0 Å². The molecule has 0 heterocycles. The molecule has 0 bridgehead atoms. The van der Waals surface area contributed by atoms with E-state index in [4.69, 9.17) is 0 Å². The SMILES string of the molecule is CC.CC.O=C1Cc2ccccc2-c2ccccc21. The lowest BCUT2D eigenvalue weighted by atomic mass is 9.85. The topological polar surface area (TPSA) is 17.1 Å². The van der Waals surface area contributed by atoms with Crippen LogP contribution in [-0.4, -0.2) is 5.78 Å². The monoisotopic (exact) mass is 254 g/mol. The number of hydrogen-bond acceptors (Lipinski definition) is 1. The summed E-state index contributed by atoms with van der Waals surface area (Å²) in [5.74, 6) is 0.226. The summed E-state index contributed by atoms with van der Waals surface area (Å²) in [6.45, 7) is 8.00. The fraction of sp³-hybridized carbons (Fsp3) is 0.278. The quantitative estimate of drug-likeness (QED) is 0.635. The first kappa shape index (κ1) is 15.2. The maximum absolute atomic E-state index is 11.8. The molecule has 100 valence electrons. The molecule has 0 N–H and O–H groups in total. The summed E-state index contributed by atoms with van der Waals surface area (Å²) in [4.78, 5) is 11.8. The lowest BCUT2D eigenvalue weighted by Crippen LogP contribution is -2.11. The molecule has 0 saturated carbocycles. The van der Waals surface area contributed by atoms with Crippen molar-refractivity contribution in [1.29, 1.82) is 0 Å². The highest BCUT2D eigenvalue weighted by atomic mass is 16.1. The standard InChI is InChI=1S/C14H10O.2C2H6/c15-14-9-10-5-1-2-6-11(10)12-7-3-4-8-13(12)14;2*1-2/h1-8H,9H2;2*1-2H3. The Hall–Kier alpha value is -1.89. The minimum absolute atomic E-state index is 0.226. The van der Waals surface area contributed by atoms with Gasteiger partial charge in [0.25, 0.3) is 0 Å². The molecule has 3 rings (SSSR count). The second-order valence-corrected chi connectivity index (χ2v) is 3.80. The zero-order valence-corrected chi connectivity index (χ0v) is 12.2. The highest BCUT2D eigenvalue weighted by Crippen LogP contribution is 2.32. The molecule has 2 aromatic rings. The van der Waals surface area contributed by atoms with Crippen LogP contribution in [0.1, 0.15) is 43.6 Å². The van der Waals surface area contributed by atoms with Gasteiger partial charge >= 0.3 is 0 Å². The Morgan fingerprint density at radius 1 is 0.684 bits per heavy atom. The predicted octanol–water partition coefficient (Wildman–Crippen LogP) is 5.14. The molecule has 0 radical (unpaired) electrons. The van der Waals surface area contributed by atoms with Crippen molar-refractivity contribution in [3.8, 4) is 11.1 Å². The Labute approximate surface area is 116 Å². The molecule has 1 nitrogen and oxygen atoms in total. The smallest absolute Gasteiger partial charge is 0.167 e. The molecule has 0 aromatic heterocycles. The van der Waals surface area contributed by atoms with Gasteiger partial charge in [-0.25, -0.2) is 0 Å². The van der Waals surface area contributed by atoms with E-state index in [2.05, 4.69) is 6.07 Å². The van der Waals surface area contributed by atoms with E-state index in [1.807, 2.05) is 70.2 Å². The van der Waals surface area contributed by atoms with Gasteiger partial charge in [0.2, 0.25) is 0 Å². The number of rotatable bonds is 0. The van der Waals surface area contributed by atoms with Crippen LogP contribution in [0, 0.1) is 0 Å². The number of Topliss-reactive ketones (excluding diaryl/α,β-unsaturated/α-hetero) is 1. The van der Waals surface area contributed by atoms with Crippen molar-refractivity contribution in [2.45, 2.75) is 34.1 Å². The van der Waals surface area contributed by atoms with Gasteiger partial charge in [-0.2, -0.15) is 0 Å². The van der Waals surface area contributed by atoms with Crippen LogP contribution in [-0.2, 0) is 6.42 Å². The van der Waals surface area contributed by atoms with Gasteiger partial charge in [-0.1, -0.05) is 76.2 Å². The van der Waals surface area contributed by atoms with Gasteiger partial charge < -0.3 is 0 Å². The number of ketones is 1. The summed E-state index contributed by atoms with van der Waals surface area (Å²) in [6, 6.07) is 16.0. The van der Waals surface area contributed by atoms with Crippen LogP contribution in [0.3, 0.4) is 0 Å². The zero-order valence-electron chi connectivity index (χ0n) is 12.2. The van der Waals surface area contributed by atoms with E-state index in [0.717, 1.165) is 16.7 Å². The van der Waals surface area contributed by atoms with Gasteiger partial charge in [0.1, 0.15) is 0 Å². The first-order chi connectivity index (χ1) is 9.36. The van der Waals surface area contributed by atoms with Gasteiger partial charge in [-0.05, 0) is 16.7 Å². The van der Waals surface area contributed by atoms with Gasteiger partial charge in [0.15, 0.2) is 5.78 Å². The Morgan fingerprint density at radius 3 is 1.79 bits per heavy atom. The van der Waals surface area contributed by atoms with Crippen molar-refractivity contribution in [3.05, 3.63) is 59.7 Å². The first-order valence-electron chi connectivity index (χ1n) is 7.07. The predicted molar refractivity (Wildman–Crippen MR) is 82.6 cm³/mol. The average Bonchev–Trinajstić information content (AvgIpc) is 2.52. The first-order valence-corrected chi connectivity index (χ1v) is 7.07. The second-order valence-electron chi connectivity index (χ2n) is 3.80. The van der Waals surface area contributed by atoms with E-state index in [1.165, 1.54) is 5.56 Å². The minimum atomic E-state index is 0.226. The normalized spacial score (nSPS) is 11.1. The molecule has 19 heavy (non-hydrogen) atoms. The van der Waals surface area contributed by atoms with Crippen molar-refractivity contribution in [1.82, 2.24) is 0 Å². The van der Waals surface area contributed by atoms with Crippen LogP contribution in [0.2, 0.25) is 0 Å². The molecule has 0 unspecified atom stereocenters. The number of hydrogen-bond donors (Lipinski definition) is 0. The highest BCUT2D eigenvalue weighted by Gasteiger charge is 2.20. The largest absolute Gasteiger partial charge is 0.294 e. The summed E-state index contributed by atoms with van der Waals surface area (Å²) in [7, 11) is 0. The molecule has 0 atom stereocenters. The maximum atomic E-state index is 11.8. The average molecular weight is 254 g/mol. The van der Waals surface area contributed by atoms with E-state index < -0.39 is 0 Å². The number of carbonyl (C=O) groups excluding carboxylic acids is 1. The summed E-state index contributed by atoms with van der Waals surface area (Å²) >= 11 is 0. The third-order valence-corrected chi connectivity index (χ3v) is 2.89. The number of benzene rings is 2. The van der Waals surface area contributed by atoms with Crippen molar-refractivity contribution in [3.63, 3.8) is 0 Å². The number of fused-ring (bicyclic) bond motifs is 3. The Bertz CT molecular complexity index is 541. The third-order valence-electron chi connectivity index (χ3n) is 2.89. The van der Waals surface area contributed by atoms with Crippen molar-refractivity contribution in [2.24, 2.45) is 0 Å². The van der Waals surface area contributed by atoms with Crippen LogP contribution < -0.4 is 0 Å². The lowest BCUT2D eigenvalue weighted by molar-refractivity contribution is 0.0992. The van der Waals surface area contributed by atoms with Crippen LogP contribution >= 0.6 is 0 Å². The second kappa shape index (κ2) is 7.52. The molecular formula is C18H22O. The molecule has 0 fully saturated rings. The summed E-state index contributed by atoms with van der Waals surface area (Å²) < 4.78 is 0. The Balaban J connectivity index is 0.000000415. The van der Waals surface area contributed by atoms with Gasteiger partial charge in [-0.15, -0.1) is 0 Å². The van der Waals surface area contributed by atoms with Crippen molar-refractivity contribution in [2.75, 3.05) is 0 Å². The molecule has 0 spiro atoms. The molecular weight excluding hydrogens is 232 g/mol. The van der Waals surface area contributed by atoms with Gasteiger partial charge in [0, 0.05) is 12.0 Å². The van der Waals surface area contributed by atoms with E-state index in [-0.39, 0.29) is 5.78 Å². The van der Waals surface area contributed by atoms with Crippen LogP contribution in [0.25, 0.3) is 11.1 Å². The fourth-order valence-corrected chi connectivity index (χ4v) is 2.17. The highest BCUT2D eigenvalue weighted by molar-refractivity contribution is 6.07. The zero-order chi connectivity index (χ0) is 14.3. The van der Waals surface area contributed by atoms with Crippen LogP contribution in [0.15, 0.2) is 48.5 Å². The summed E-state index contributed by atoms with van der Waals surface area (Å²) in [5, 5.41) is 0. The molecule has 2 aromatic carbocycles. The van der Waals surface area contributed by atoms with E-state index in [1.54, 1.807) is 0 Å². The lowest BCUT2D eigenvalue weighted by Gasteiger charge is -2.18. The van der Waals surface area contributed by atoms with Crippen molar-refractivity contribution >= 4 is 5.78 Å². The van der Waals surface area contributed by atoms with Gasteiger partial charge in [0.05, 0.1) is 0 Å². The Morgan fingerprint density at radius 2 is 1.16 bits per heavy atom. The minimum Gasteiger partial charge on any atom is -0.294 e. The maximum Gasteiger partial charge on any atom is 0.167 e. The summed E-state index contributed by atoms with van der Waals surface area (Å²) in [5.41, 5.74) is 4.27. The molecule has 1 heteroatoms. The van der Waals surface area contributed by atoms with E-state index in [9.17, 15) is 4.79 Å². The third kappa shape index (κ3) is 3.11. The number of carbonyl (C=O) groups is 1. The Kier molecular flexibility index (Phi) is 6.01.